The van der Waals surface area contributed by atoms with Gasteiger partial charge in [-0.15, -0.1) is 0 Å². The minimum atomic E-state index is -0.483. The van der Waals surface area contributed by atoms with E-state index in [-0.39, 0.29) is 12.7 Å². The summed E-state index contributed by atoms with van der Waals surface area (Å²) in [6.07, 6.45) is 1.90. The Hall–Kier alpha value is -0.810. The molecule has 1 aliphatic heterocycles. The number of nitrogens with two attached hydrogens (primary N) is 1. The van der Waals surface area contributed by atoms with Gasteiger partial charge < -0.3 is 20.5 Å². The van der Waals surface area contributed by atoms with Crippen LogP contribution in [-0.4, -0.2) is 46.9 Å². The van der Waals surface area contributed by atoms with Crippen LogP contribution in [-0.2, 0) is 4.74 Å². The summed E-state index contributed by atoms with van der Waals surface area (Å²) >= 11 is 0. The maximum absolute atomic E-state index is 11.9. The predicted octanol–water partition coefficient (Wildman–Crippen LogP) is 1.10. The summed E-state index contributed by atoms with van der Waals surface area (Å²) in [6, 6.07) is 0. The first-order chi connectivity index (χ1) is 7.76. The Labute approximate surface area is 103 Å². The molecule has 0 aromatic carbocycles. The lowest BCUT2D eigenvalue weighted by Gasteiger charge is -2.40. The van der Waals surface area contributed by atoms with Crippen molar-refractivity contribution in [3.63, 3.8) is 0 Å². The van der Waals surface area contributed by atoms with Crippen LogP contribution in [0.25, 0.3) is 0 Å². The molecule has 100 valence electrons. The van der Waals surface area contributed by atoms with Gasteiger partial charge in [0.2, 0.25) is 0 Å². The van der Waals surface area contributed by atoms with Gasteiger partial charge >= 0.3 is 6.09 Å². The van der Waals surface area contributed by atoms with Crippen molar-refractivity contribution in [2.24, 2.45) is 5.73 Å². The second-order valence-electron chi connectivity index (χ2n) is 5.84. The zero-order valence-corrected chi connectivity index (χ0v) is 11.0. The van der Waals surface area contributed by atoms with E-state index in [0.29, 0.717) is 19.5 Å². The monoisotopic (exact) mass is 244 g/mol. The van der Waals surface area contributed by atoms with Crippen LogP contribution in [0.1, 0.15) is 40.0 Å². The Morgan fingerprint density at radius 1 is 1.53 bits per heavy atom. The lowest BCUT2D eigenvalue weighted by Crippen LogP contribution is -2.56. The van der Waals surface area contributed by atoms with Gasteiger partial charge in [0.15, 0.2) is 0 Å². The summed E-state index contributed by atoms with van der Waals surface area (Å²) < 4.78 is 5.32. The first-order valence-corrected chi connectivity index (χ1v) is 6.13. The molecule has 0 bridgehead atoms. The largest absolute Gasteiger partial charge is 0.444 e. The molecule has 1 atom stereocenters. The number of aliphatic hydroxyl groups excluding tert-OH is 1. The van der Waals surface area contributed by atoms with E-state index >= 15 is 0 Å². The molecule has 5 nitrogen and oxygen atoms in total. The van der Waals surface area contributed by atoms with E-state index in [1.807, 2.05) is 20.8 Å². The molecule has 5 heteroatoms. The van der Waals surface area contributed by atoms with Crippen LogP contribution in [0.2, 0.25) is 0 Å². The van der Waals surface area contributed by atoms with Crippen molar-refractivity contribution in [1.82, 2.24) is 4.90 Å². The van der Waals surface area contributed by atoms with Crippen molar-refractivity contribution < 1.29 is 14.6 Å². The Morgan fingerprint density at radius 2 is 2.18 bits per heavy atom. The van der Waals surface area contributed by atoms with E-state index in [1.165, 1.54) is 0 Å². The molecule has 0 radical (unpaired) electrons. The van der Waals surface area contributed by atoms with E-state index in [2.05, 4.69) is 0 Å². The van der Waals surface area contributed by atoms with Gasteiger partial charge in [0.05, 0.1) is 0 Å². The van der Waals surface area contributed by atoms with Gasteiger partial charge in [-0.25, -0.2) is 4.79 Å². The molecule has 0 saturated carbocycles. The van der Waals surface area contributed by atoms with Gasteiger partial charge in [0, 0.05) is 25.2 Å². The molecule has 1 saturated heterocycles. The molecule has 0 aromatic heterocycles. The lowest BCUT2D eigenvalue weighted by molar-refractivity contribution is 0.0121. The minimum absolute atomic E-state index is 0.0542. The standard InChI is InChI=1S/C12H24N2O3/c1-11(2,3)17-10(16)14-7-4-5-12(13,9-14)6-8-15/h15H,4-9,13H2,1-3H3/t12-/m1/s1. The van der Waals surface area contributed by atoms with Gasteiger partial charge in [-0.2, -0.15) is 0 Å². The van der Waals surface area contributed by atoms with Crippen molar-refractivity contribution in [3.8, 4) is 0 Å². The number of piperidine rings is 1. The van der Waals surface area contributed by atoms with E-state index in [0.717, 1.165) is 12.8 Å². The highest BCUT2D eigenvalue weighted by Crippen LogP contribution is 2.23. The first-order valence-electron chi connectivity index (χ1n) is 6.13. The Kier molecular flexibility index (Phi) is 4.38. The molecule has 1 amide bonds. The molecule has 0 aliphatic carbocycles. The second-order valence-corrected chi connectivity index (χ2v) is 5.84. The van der Waals surface area contributed by atoms with Gasteiger partial charge in [-0.3, -0.25) is 0 Å². The molecule has 1 heterocycles. The number of aliphatic hydroxyl groups is 1. The van der Waals surface area contributed by atoms with Crippen molar-refractivity contribution in [2.75, 3.05) is 19.7 Å². The van der Waals surface area contributed by atoms with Gasteiger partial charge in [-0.1, -0.05) is 0 Å². The molecule has 17 heavy (non-hydrogen) atoms. The predicted molar refractivity (Wildman–Crippen MR) is 65.7 cm³/mol. The quantitative estimate of drug-likeness (QED) is 0.762. The van der Waals surface area contributed by atoms with E-state index in [1.54, 1.807) is 4.90 Å². The van der Waals surface area contributed by atoms with Crippen LogP contribution < -0.4 is 5.73 Å². The summed E-state index contributed by atoms with van der Waals surface area (Å²) in [7, 11) is 0. The third kappa shape index (κ3) is 4.52. The van der Waals surface area contributed by atoms with Crippen molar-refractivity contribution in [3.05, 3.63) is 0 Å². The fourth-order valence-corrected chi connectivity index (χ4v) is 2.07. The van der Waals surface area contributed by atoms with Gasteiger partial charge in [-0.05, 0) is 40.0 Å². The fourth-order valence-electron chi connectivity index (χ4n) is 2.07. The van der Waals surface area contributed by atoms with Gasteiger partial charge in [0.25, 0.3) is 0 Å². The minimum Gasteiger partial charge on any atom is -0.444 e. The number of rotatable bonds is 2. The number of nitrogens with zero attached hydrogens (tertiary/aromatic N) is 1. The zero-order chi connectivity index (χ0) is 13.1. The van der Waals surface area contributed by atoms with Crippen molar-refractivity contribution >= 4 is 6.09 Å². The number of carbonyl (C=O) groups is 1. The number of ether oxygens (including phenoxy) is 1. The molecule has 3 N–H and O–H groups in total. The number of amides is 1. The summed E-state index contributed by atoms with van der Waals surface area (Å²) in [6.45, 7) is 6.73. The first kappa shape index (κ1) is 14.3. The molecule has 1 fully saturated rings. The smallest absolute Gasteiger partial charge is 0.410 e. The van der Waals surface area contributed by atoms with E-state index in [9.17, 15) is 4.79 Å². The molecule has 1 rings (SSSR count). The molecule has 0 unspecified atom stereocenters. The third-order valence-corrected chi connectivity index (χ3v) is 2.87. The van der Waals surface area contributed by atoms with Crippen LogP contribution in [0.3, 0.4) is 0 Å². The second kappa shape index (κ2) is 5.23. The van der Waals surface area contributed by atoms with Crippen LogP contribution in [0, 0.1) is 0 Å². The Bertz CT molecular complexity index is 271. The van der Waals surface area contributed by atoms with Crippen LogP contribution in [0.15, 0.2) is 0 Å². The summed E-state index contributed by atoms with van der Waals surface area (Å²) in [5, 5.41) is 8.98. The number of hydrogen-bond donors (Lipinski definition) is 2. The number of hydrogen-bond acceptors (Lipinski definition) is 4. The summed E-state index contributed by atoms with van der Waals surface area (Å²) in [5.74, 6) is 0. The summed E-state index contributed by atoms with van der Waals surface area (Å²) in [5.41, 5.74) is 5.20. The highest BCUT2D eigenvalue weighted by molar-refractivity contribution is 5.68. The zero-order valence-electron chi connectivity index (χ0n) is 11.0. The van der Waals surface area contributed by atoms with Crippen LogP contribution >= 0.6 is 0 Å². The highest BCUT2D eigenvalue weighted by atomic mass is 16.6. The lowest BCUT2D eigenvalue weighted by atomic mass is 9.87. The van der Waals surface area contributed by atoms with E-state index in [4.69, 9.17) is 15.6 Å². The Morgan fingerprint density at radius 3 is 2.71 bits per heavy atom. The van der Waals surface area contributed by atoms with Crippen LogP contribution in [0.4, 0.5) is 4.79 Å². The number of carbonyl (C=O) groups excluding carboxylic acids is 1. The topological polar surface area (TPSA) is 75.8 Å². The molecular weight excluding hydrogens is 220 g/mol. The molecular formula is C12H24N2O3. The van der Waals surface area contributed by atoms with E-state index < -0.39 is 11.1 Å². The molecule has 0 spiro atoms. The molecule has 1 aliphatic rings. The third-order valence-electron chi connectivity index (χ3n) is 2.87. The van der Waals surface area contributed by atoms with Crippen LogP contribution in [0.5, 0.6) is 0 Å². The van der Waals surface area contributed by atoms with Crippen molar-refractivity contribution in [1.29, 1.82) is 0 Å². The maximum Gasteiger partial charge on any atom is 0.410 e. The SMILES string of the molecule is CC(C)(C)OC(=O)N1CCC[C@@](N)(CCO)C1. The maximum atomic E-state index is 11.9. The fraction of sp³-hybridized carbons (Fsp3) is 0.917. The van der Waals surface area contributed by atoms with Gasteiger partial charge in [0.1, 0.15) is 5.60 Å². The average molecular weight is 244 g/mol. The number of likely N-dealkylation sites (tertiary alicyclic amines) is 1. The molecule has 0 aromatic rings. The van der Waals surface area contributed by atoms with Crippen molar-refractivity contribution in [2.45, 2.75) is 51.2 Å². The normalized spacial score (nSPS) is 25.8. The Balaban J connectivity index is 2.57. The summed E-state index contributed by atoms with van der Waals surface area (Å²) in [4.78, 5) is 13.5. The average Bonchev–Trinajstić information content (AvgIpc) is 2.14. The highest BCUT2D eigenvalue weighted by Gasteiger charge is 2.34.